The van der Waals surface area contributed by atoms with Gasteiger partial charge in [0.25, 0.3) is 0 Å². The summed E-state index contributed by atoms with van der Waals surface area (Å²) in [5, 5.41) is 15.3. The van der Waals surface area contributed by atoms with Crippen LogP contribution in [-0.2, 0) is 0 Å². The summed E-state index contributed by atoms with van der Waals surface area (Å²) in [7, 11) is 0. The molecule has 0 heterocycles. The number of rotatable bonds is 4. The second-order valence-corrected chi connectivity index (χ2v) is 11.1. The Hall–Kier alpha value is -3.20. The minimum atomic E-state index is -3.54. The van der Waals surface area contributed by atoms with Gasteiger partial charge >= 0.3 is 160 Å². The zero-order valence-corrected chi connectivity index (χ0v) is 15.8. The number of benzene rings is 4. The quantitative estimate of drug-likeness (QED) is 0.494. The van der Waals surface area contributed by atoms with Gasteiger partial charge in [-0.2, -0.15) is 0 Å². The summed E-state index contributed by atoms with van der Waals surface area (Å²) in [6, 6.07) is 41.1. The summed E-state index contributed by atoms with van der Waals surface area (Å²) in [5.41, 5.74) is 0. The average Bonchev–Trinajstić information content (AvgIpc) is 2.78. The molecule has 0 radical (unpaired) electrons. The Bertz CT molecular complexity index is 899. The number of nitrogens with zero attached hydrogens (tertiary/aromatic N) is 1. The van der Waals surface area contributed by atoms with Crippen molar-refractivity contribution < 1.29 is 0 Å². The van der Waals surface area contributed by atoms with Crippen molar-refractivity contribution in [2.24, 2.45) is 0 Å². The third kappa shape index (κ3) is 2.35. The molecule has 4 aromatic carbocycles. The molecule has 0 atom stereocenters. The predicted molar refractivity (Wildman–Crippen MR) is 117 cm³/mol. The van der Waals surface area contributed by atoms with E-state index in [0.717, 1.165) is 21.2 Å². The zero-order chi connectivity index (χ0) is 18.6. The first-order valence-electron chi connectivity index (χ1n) is 8.98. The van der Waals surface area contributed by atoms with Gasteiger partial charge in [-0.05, 0) is 0 Å². The fraction of sp³-hybridized carbons (Fsp3) is 0. The molecule has 27 heavy (non-hydrogen) atoms. The molecule has 0 aliphatic rings. The van der Waals surface area contributed by atoms with E-state index in [-0.39, 0.29) is 0 Å². The number of hydrogen-bond acceptors (Lipinski definition) is 1. The topological polar surface area (TPSA) is 23.8 Å². The van der Waals surface area contributed by atoms with Crippen LogP contribution in [0.1, 0.15) is 0 Å². The summed E-state index contributed by atoms with van der Waals surface area (Å²) in [6.07, 6.45) is 0. The van der Waals surface area contributed by atoms with Crippen LogP contribution >= 0.6 is 6.60 Å². The number of hydrogen-bond donors (Lipinski definition) is 0. The molecule has 4 rings (SSSR count). The third-order valence-electron chi connectivity index (χ3n) is 5.29. The van der Waals surface area contributed by atoms with Crippen LogP contribution in [0, 0.1) is 11.1 Å². The van der Waals surface area contributed by atoms with Crippen LogP contribution in [0.4, 0.5) is 0 Å². The third-order valence-corrected chi connectivity index (χ3v) is 11.0. The van der Waals surface area contributed by atoms with Gasteiger partial charge in [0.2, 0.25) is 0 Å². The Morgan fingerprint density at radius 3 is 0.815 bits per heavy atom. The molecular formula is C25H20NP. The predicted octanol–water partition coefficient (Wildman–Crippen LogP) is 4.32. The Kier molecular flexibility index (Phi) is 4.36. The van der Waals surface area contributed by atoms with E-state index in [1.807, 2.05) is 72.8 Å². The molecule has 2 heteroatoms. The van der Waals surface area contributed by atoms with Gasteiger partial charge < -0.3 is 0 Å². The molecule has 0 amide bonds. The zero-order valence-electron chi connectivity index (χ0n) is 14.9. The summed E-state index contributed by atoms with van der Waals surface area (Å²) in [4.78, 5) is 0. The SMILES string of the molecule is N#CP(c1ccccc1)(c1ccccc1)(c1ccccc1)c1ccccc1. The van der Waals surface area contributed by atoms with Gasteiger partial charge in [-0.25, -0.2) is 0 Å². The van der Waals surface area contributed by atoms with E-state index < -0.39 is 6.60 Å². The molecule has 0 aliphatic heterocycles. The van der Waals surface area contributed by atoms with Crippen LogP contribution in [0.2, 0.25) is 0 Å². The van der Waals surface area contributed by atoms with E-state index in [0.29, 0.717) is 0 Å². The van der Waals surface area contributed by atoms with E-state index in [2.05, 4.69) is 54.3 Å². The van der Waals surface area contributed by atoms with Crippen LogP contribution in [0.3, 0.4) is 0 Å². The number of nitriles is 1. The van der Waals surface area contributed by atoms with Crippen molar-refractivity contribution in [3.63, 3.8) is 0 Å². The summed E-state index contributed by atoms with van der Waals surface area (Å²) >= 11 is 0. The maximum atomic E-state index is 11.0. The Balaban J connectivity index is 2.30. The van der Waals surface area contributed by atoms with E-state index in [1.54, 1.807) is 0 Å². The fourth-order valence-electron chi connectivity index (χ4n) is 4.03. The van der Waals surface area contributed by atoms with Crippen molar-refractivity contribution in [1.82, 2.24) is 0 Å². The van der Waals surface area contributed by atoms with Gasteiger partial charge in [-0.3, -0.25) is 0 Å². The van der Waals surface area contributed by atoms with Crippen LogP contribution < -0.4 is 21.2 Å². The molecule has 130 valence electrons. The van der Waals surface area contributed by atoms with Crippen molar-refractivity contribution in [2.45, 2.75) is 0 Å². The van der Waals surface area contributed by atoms with Gasteiger partial charge in [0, 0.05) is 0 Å². The molecule has 0 bridgehead atoms. The van der Waals surface area contributed by atoms with Crippen LogP contribution in [0.25, 0.3) is 0 Å². The molecule has 0 saturated heterocycles. The summed E-state index contributed by atoms with van der Waals surface area (Å²) in [6.45, 7) is -3.54. The second-order valence-electron chi connectivity index (χ2n) is 6.56. The van der Waals surface area contributed by atoms with Gasteiger partial charge in [0.05, 0.1) is 0 Å². The van der Waals surface area contributed by atoms with Crippen molar-refractivity contribution in [2.75, 3.05) is 0 Å². The molecule has 0 spiro atoms. The molecule has 0 aliphatic carbocycles. The molecule has 0 fully saturated rings. The molecule has 0 unspecified atom stereocenters. The first-order valence-corrected chi connectivity index (χ1v) is 11.2. The van der Waals surface area contributed by atoms with E-state index in [1.165, 1.54) is 0 Å². The van der Waals surface area contributed by atoms with Gasteiger partial charge in [0.15, 0.2) is 0 Å². The van der Waals surface area contributed by atoms with E-state index >= 15 is 0 Å². The van der Waals surface area contributed by atoms with Gasteiger partial charge in [-0.1, -0.05) is 0 Å². The van der Waals surface area contributed by atoms with E-state index in [4.69, 9.17) is 0 Å². The van der Waals surface area contributed by atoms with Gasteiger partial charge in [0.1, 0.15) is 0 Å². The molecule has 0 N–H and O–H groups in total. The monoisotopic (exact) mass is 365 g/mol. The molecular weight excluding hydrogens is 345 g/mol. The van der Waals surface area contributed by atoms with Gasteiger partial charge in [-0.15, -0.1) is 0 Å². The van der Waals surface area contributed by atoms with Crippen LogP contribution in [-0.4, -0.2) is 0 Å². The van der Waals surface area contributed by atoms with Crippen molar-refractivity contribution in [3.8, 4) is 5.81 Å². The summed E-state index contributed by atoms with van der Waals surface area (Å²) < 4.78 is 0. The molecule has 4 aromatic rings. The molecule has 1 nitrogen and oxygen atoms in total. The Morgan fingerprint density at radius 1 is 0.407 bits per heavy atom. The normalized spacial score (nSPS) is 12.5. The molecule has 0 saturated carbocycles. The Morgan fingerprint density at radius 2 is 0.630 bits per heavy atom. The van der Waals surface area contributed by atoms with Crippen molar-refractivity contribution >= 4 is 27.8 Å². The first kappa shape index (κ1) is 17.2. The first-order chi connectivity index (χ1) is 13.3. The van der Waals surface area contributed by atoms with Crippen LogP contribution in [0.15, 0.2) is 121 Å². The van der Waals surface area contributed by atoms with Crippen molar-refractivity contribution in [3.05, 3.63) is 121 Å². The molecule has 0 aromatic heterocycles. The average molecular weight is 365 g/mol. The van der Waals surface area contributed by atoms with Crippen molar-refractivity contribution in [1.29, 1.82) is 5.26 Å². The maximum absolute atomic E-state index is 11.0. The standard InChI is InChI=1S/C25H20NP/c26-21-27(22-13-5-1-6-14-22,23-15-7-2-8-16-23,24-17-9-3-10-18-24)25-19-11-4-12-20-25/h1-20H. The fourth-order valence-corrected chi connectivity index (χ4v) is 9.35. The second kappa shape index (κ2) is 6.84. The summed E-state index contributed by atoms with van der Waals surface area (Å²) in [5.74, 6) is 2.92. The van der Waals surface area contributed by atoms with E-state index in [9.17, 15) is 5.26 Å². The Labute approximate surface area is 160 Å². The minimum absolute atomic E-state index is 1.06. The van der Waals surface area contributed by atoms with Crippen LogP contribution in [0.5, 0.6) is 0 Å².